The van der Waals surface area contributed by atoms with Crippen LogP contribution < -0.4 is 5.32 Å². The monoisotopic (exact) mass is 228 g/mol. The van der Waals surface area contributed by atoms with Crippen LogP contribution >= 0.6 is 0 Å². The molecule has 0 amide bonds. The van der Waals surface area contributed by atoms with Crippen LogP contribution in [0.2, 0.25) is 0 Å². The number of morpholine rings is 2. The molecule has 0 radical (unpaired) electrons. The molecule has 2 rings (SSSR count). The lowest BCUT2D eigenvalue weighted by molar-refractivity contribution is -0.0605. The Kier molecular flexibility index (Phi) is 4.19. The summed E-state index contributed by atoms with van der Waals surface area (Å²) in [7, 11) is 0. The molecular formula is C12H24N2O2. The van der Waals surface area contributed by atoms with E-state index in [4.69, 9.17) is 9.47 Å². The fourth-order valence-electron chi connectivity index (χ4n) is 2.41. The van der Waals surface area contributed by atoms with Crippen LogP contribution in [-0.2, 0) is 9.47 Å². The zero-order chi connectivity index (χ0) is 11.4. The van der Waals surface area contributed by atoms with E-state index >= 15 is 0 Å². The fraction of sp³-hybridized carbons (Fsp3) is 1.00. The van der Waals surface area contributed by atoms with Gasteiger partial charge in [0.15, 0.2) is 0 Å². The predicted molar refractivity (Wildman–Crippen MR) is 63.7 cm³/mol. The van der Waals surface area contributed by atoms with Crippen molar-refractivity contribution in [2.45, 2.75) is 31.9 Å². The van der Waals surface area contributed by atoms with Gasteiger partial charge < -0.3 is 14.8 Å². The number of nitrogens with zero attached hydrogens (tertiary/aromatic N) is 1. The van der Waals surface area contributed by atoms with Gasteiger partial charge in [-0.15, -0.1) is 0 Å². The normalized spacial score (nSPS) is 31.5. The maximum atomic E-state index is 5.72. The van der Waals surface area contributed by atoms with E-state index < -0.39 is 0 Å². The number of ether oxygens (including phenoxy) is 2. The minimum absolute atomic E-state index is 0.181. The molecule has 0 aromatic carbocycles. The summed E-state index contributed by atoms with van der Waals surface area (Å²) in [6, 6.07) is 0. The SMILES string of the molecule is CC1(C)COCCN1CCC1CNCCO1. The highest BCUT2D eigenvalue weighted by Gasteiger charge is 2.30. The van der Waals surface area contributed by atoms with E-state index in [1.165, 1.54) is 0 Å². The van der Waals surface area contributed by atoms with Crippen molar-refractivity contribution in [3.05, 3.63) is 0 Å². The number of nitrogens with one attached hydrogen (secondary N) is 1. The van der Waals surface area contributed by atoms with Crippen molar-refractivity contribution >= 4 is 0 Å². The summed E-state index contributed by atoms with van der Waals surface area (Å²) in [6.07, 6.45) is 1.52. The van der Waals surface area contributed by atoms with Crippen LogP contribution in [0.3, 0.4) is 0 Å². The summed E-state index contributed by atoms with van der Waals surface area (Å²) < 4.78 is 11.2. The molecule has 2 aliphatic rings. The predicted octanol–water partition coefficient (Wildman–Crippen LogP) is 0.476. The largest absolute Gasteiger partial charge is 0.378 e. The summed E-state index contributed by atoms with van der Waals surface area (Å²) in [5.74, 6) is 0. The van der Waals surface area contributed by atoms with Crippen LogP contribution in [0.4, 0.5) is 0 Å². The molecule has 0 bridgehead atoms. The van der Waals surface area contributed by atoms with E-state index in [0.717, 1.165) is 52.4 Å². The molecule has 0 aromatic heterocycles. The second-order valence-corrected chi connectivity index (χ2v) is 5.34. The third-order valence-corrected chi connectivity index (χ3v) is 3.54. The Bertz CT molecular complexity index is 215. The first-order valence-electron chi connectivity index (χ1n) is 6.33. The third kappa shape index (κ3) is 3.17. The fourth-order valence-corrected chi connectivity index (χ4v) is 2.41. The van der Waals surface area contributed by atoms with E-state index in [0.29, 0.717) is 6.10 Å². The Morgan fingerprint density at radius 3 is 2.94 bits per heavy atom. The van der Waals surface area contributed by atoms with Crippen LogP contribution in [0.15, 0.2) is 0 Å². The molecule has 0 saturated carbocycles. The molecule has 16 heavy (non-hydrogen) atoms. The zero-order valence-electron chi connectivity index (χ0n) is 10.5. The van der Waals surface area contributed by atoms with E-state index in [9.17, 15) is 0 Å². The first-order chi connectivity index (χ1) is 7.68. The van der Waals surface area contributed by atoms with Crippen molar-refractivity contribution < 1.29 is 9.47 Å². The summed E-state index contributed by atoms with van der Waals surface area (Å²) in [4.78, 5) is 2.52. The average Bonchev–Trinajstić information content (AvgIpc) is 2.28. The van der Waals surface area contributed by atoms with Gasteiger partial charge in [0.2, 0.25) is 0 Å². The van der Waals surface area contributed by atoms with Gasteiger partial charge in [-0.25, -0.2) is 0 Å². The molecule has 2 heterocycles. The zero-order valence-corrected chi connectivity index (χ0v) is 10.5. The van der Waals surface area contributed by atoms with Gasteiger partial charge in [0, 0.05) is 31.7 Å². The number of hydrogen-bond acceptors (Lipinski definition) is 4. The van der Waals surface area contributed by atoms with Gasteiger partial charge >= 0.3 is 0 Å². The minimum atomic E-state index is 0.181. The summed E-state index contributed by atoms with van der Waals surface area (Å²) >= 11 is 0. The highest BCUT2D eigenvalue weighted by molar-refractivity contribution is 4.85. The van der Waals surface area contributed by atoms with E-state index in [1.807, 2.05) is 0 Å². The third-order valence-electron chi connectivity index (χ3n) is 3.54. The van der Waals surface area contributed by atoms with Crippen LogP contribution in [0.1, 0.15) is 20.3 Å². The van der Waals surface area contributed by atoms with E-state index in [1.54, 1.807) is 0 Å². The molecule has 94 valence electrons. The maximum absolute atomic E-state index is 5.72. The molecule has 0 spiro atoms. The van der Waals surface area contributed by atoms with Crippen molar-refractivity contribution in [1.29, 1.82) is 0 Å². The van der Waals surface area contributed by atoms with Crippen molar-refractivity contribution in [2.24, 2.45) is 0 Å². The second kappa shape index (κ2) is 5.45. The van der Waals surface area contributed by atoms with Crippen molar-refractivity contribution in [3.63, 3.8) is 0 Å². The van der Waals surface area contributed by atoms with Gasteiger partial charge in [0.25, 0.3) is 0 Å². The summed E-state index contributed by atoms with van der Waals surface area (Å²) in [6.45, 7) is 11.2. The quantitative estimate of drug-likeness (QED) is 0.761. The minimum Gasteiger partial charge on any atom is -0.378 e. The highest BCUT2D eigenvalue weighted by atomic mass is 16.5. The molecule has 0 aliphatic carbocycles. The van der Waals surface area contributed by atoms with E-state index in [-0.39, 0.29) is 5.54 Å². The molecule has 2 fully saturated rings. The van der Waals surface area contributed by atoms with Gasteiger partial charge in [-0.1, -0.05) is 0 Å². The maximum Gasteiger partial charge on any atom is 0.0712 e. The van der Waals surface area contributed by atoms with Gasteiger partial charge in [-0.05, 0) is 20.3 Å². The average molecular weight is 228 g/mol. The molecule has 2 saturated heterocycles. The standard InChI is InChI=1S/C12H24N2O2/c1-12(2)10-15-8-6-14(12)5-3-11-9-13-4-7-16-11/h11,13H,3-10H2,1-2H3. The van der Waals surface area contributed by atoms with Crippen LogP contribution in [0, 0.1) is 0 Å². The molecular weight excluding hydrogens is 204 g/mol. The Labute approximate surface area is 98.3 Å². The molecule has 4 nitrogen and oxygen atoms in total. The van der Waals surface area contributed by atoms with Crippen molar-refractivity contribution in [2.75, 3.05) is 46.0 Å². The second-order valence-electron chi connectivity index (χ2n) is 5.34. The first kappa shape index (κ1) is 12.3. The van der Waals surface area contributed by atoms with Gasteiger partial charge in [0.05, 0.1) is 25.9 Å². The van der Waals surface area contributed by atoms with Gasteiger partial charge in [-0.2, -0.15) is 0 Å². The molecule has 2 aliphatic heterocycles. The Balaban J connectivity index is 1.75. The Morgan fingerprint density at radius 1 is 1.38 bits per heavy atom. The van der Waals surface area contributed by atoms with Crippen molar-refractivity contribution in [1.82, 2.24) is 10.2 Å². The smallest absolute Gasteiger partial charge is 0.0712 e. The van der Waals surface area contributed by atoms with Crippen LogP contribution in [0.25, 0.3) is 0 Å². The van der Waals surface area contributed by atoms with Crippen LogP contribution in [-0.4, -0.2) is 62.5 Å². The summed E-state index contributed by atoms with van der Waals surface area (Å²) in [5, 5.41) is 3.38. The summed E-state index contributed by atoms with van der Waals surface area (Å²) in [5.41, 5.74) is 0.181. The number of hydrogen-bond donors (Lipinski definition) is 1. The first-order valence-corrected chi connectivity index (χ1v) is 6.33. The number of rotatable bonds is 3. The molecule has 0 aromatic rings. The Hall–Kier alpha value is -0.160. The molecule has 4 heteroatoms. The lowest BCUT2D eigenvalue weighted by Crippen LogP contribution is -2.54. The van der Waals surface area contributed by atoms with Gasteiger partial charge in [0.1, 0.15) is 0 Å². The Morgan fingerprint density at radius 2 is 2.25 bits per heavy atom. The molecule has 1 atom stereocenters. The van der Waals surface area contributed by atoms with Gasteiger partial charge in [-0.3, -0.25) is 4.90 Å². The topological polar surface area (TPSA) is 33.7 Å². The molecule has 1 N–H and O–H groups in total. The van der Waals surface area contributed by atoms with E-state index in [2.05, 4.69) is 24.1 Å². The lowest BCUT2D eigenvalue weighted by Gasteiger charge is -2.42. The molecule has 1 unspecified atom stereocenters. The van der Waals surface area contributed by atoms with Crippen LogP contribution in [0.5, 0.6) is 0 Å². The highest BCUT2D eigenvalue weighted by Crippen LogP contribution is 2.19. The lowest BCUT2D eigenvalue weighted by atomic mass is 10.0. The van der Waals surface area contributed by atoms with Crippen molar-refractivity contribution in [3.8, 4) is 0 Å².